The van der Waals surface area contributed by atoms with Crippen LogP contribution in [0.5, 0.6) is 0 Å². The van der Waals surface area contributed by atoms with Crippen LogP contribution in [-0.2, 0) is 47.7 Å². The second-order valence-electron chi connectivity index (χ2n) is 12.6. The summed E-state index contributed by atoms with van der Waals surface area (Å²) < 4.78 is 21.4. The summed E-state index contributed by atoms with van der Waals surface area (Å²) in [5.74, 6) is -4.03. The fourth-order valence-corrected chi connectivity index (χ4v) is 5.02. The number of aliphatic carboxylic acids is 3. The van der Waals surface area contributed by atoms with Gasteiger partial charge in [0.05, 0.1) is 52.9 Å². The molecule has 0 rings (SSSR count). The van der Waals surface area contributed by atoms with Crippen LogP contribution in [0.15, 0.2) is 0 Å². The summed E-state index contributed by atoms with van der Waals surface area (Å²) in [7, 11) is 0. The van der Waals surface area contributed by atoms with Gasteiger partial charge in [-0.25, -0.2) is 4.79 Å². The highest BCUT2D eigenvalue weighted by molar-refractivity contribution is 5.84. The van der Waals surface area contributed by atoms with E-state index < -0.39 is 36.4 Å². The number of amides is 3. The van der Waals surface area contributed by atoms with Gasteiger partial charge in [0.1, 0.15) is 12.6 Å². The van der Waals surface area contributed by atoms with Crippen molar-refractivity contribution in [2.24, 2.45) is 0 Å². The molecule has 0 aliphatic heterocycles. The molecule has 3 amide bonds. The maximum Gasteiger partial charge on any atom is 0.326 e. The van der Waals surface area contributed by atoms with E-state index in [1.54, 1.807) is 0 Å². The minimum atomic E-state index is -1.17. The topological polar surface area (TPSA) is 236 Å². The number of hydrogen-bond donors (Lipinski definition) is 6. The number of carboxylic acid groups (broad SMARTS) is 3. The Morgan fingerprint density at radius 2 is 0.846 bits per heavy atom. The Hall–Kier alpha value is -3.34. The van der Waals surface area contributed by atoms with Crippen LogP contribution in [0.3, 0.4) is 0 Å². The molecule has 0 aromatic rings. The van der Waals surface area contributed by atoms with Gasteiger partial charge >= 0.3 is 17.9 Å². The molecule has 1 atom stereocenters. The van der Waals surface area contributed by atoms with Crippen molar-refractivity contribution in [3.63, 3.8) is 0 Å². The van der Waals surface area contributed by atoms with Gasteiger partial charge in [-0.1, -0.05) is 77.0 Å². The van der Waals surface area contributed by atoms with E-state index in [0.717, 1.165) is 38.5 Å². The van der Waals surface area contributed by atoms with E-state index in [-0.39, 0.29) is 63.7 Å². The molecule has 0 fully saturated rings. The Morgan fingerprint density at radius 1 is 0.423 bits per heavy atom. The third kappa shape index (κ3) is 36.5. The summed E-state index contributed by atoms with van der Waals surface area (Å²) in [6, 6.07) is -1.12. The molecule has 0 saturated heterocycles. The van der Waals surface area contributed by atoms with Gasteiger partial charge in [-0.3, -0.25) is 24.0 Å². The van der Waals surface area contributed by atoms with Crippen molar-refractivity contribution in [2.75, 3.05) is 65.9 Å². The highest BCUT2D eigenvalue weighted by Gasteiger charge is 2.20. The first-order chi connectivity index (χ1) is 25.1. The molecule has 0 aliphatic rings. The second-order valence-corrected chi connectivity index (χ2v) is 12.6. The number of hydrogen-bond acceptors (Lipinski definition) is 10. The van der Waals surface area contributed by atoms with Crippen LogP contribution in [0.2, 0.25) is 0 Å². The predicted octanol–water partition coefficient (Wildman–Crippen LogP) is 3.44. The van der Waals surface area contributed by atoms with Gasteiger partial charge in [0.15, 0.2) is 0 Å². The van der Waals surface area contributed by atoms with E-state index >= 15 is 0 Å². The minimum absolute atomic E-state index is 0.00561. The monoisotopic (exact) mass is 747 g/mol. The lowest BCUT2D eigenvalue weighted by molar-refractivity contribution is -0.142. The average molecular weight is 748 g/mol. The van der Waals surface area contributed by atoms with Crippen LogP contribution in [0.1, 0.15) is 122 Å². The Kier molecular flexibility index (Phi) is 33.7. The average Bonchev–Trinajstić information content (AvgIpc) is 3.10. The molecule has 0 saturated carbocycles. The van der Waals surface area contributed by atoms with Crippen molar-refractivity contribution in [2.45, 2.75) is 128 Å². The van der Waals surface area contributed by atoms with Crippen LogP contribution in [0.4, 0.5) is 0 Å². The third-order valence-corrected chi connectivity index (χ3v) is 7.93. The standard InChI is InChI=1S/C36H65N3O13/c40-31(37-20-22-50-24-26-52-28-27-51-25-23-49-21-19-32(41)38-29-35(45)46)18-17-30(36(47)48)39-33(42)15-13-11-9-7-5-3-1-2-4-6-8-10-12-14-16-34(43)44/h30H,1-29H2,(H,37,40)(H,38,41)(H,39,42)(H,43,44)(H,45,46)(H,47,48). The van der Waals surface area contributed by atoms with Crippen molar-refractivity contribution >= 4 is 35.6 Å². The van der Waals surface area contributed by atoms with Crippen LogP contribution in [0, 0.1) is 0 Å². The number of ether oxygens (including phenoxy) is 4. The molecular formula is C36H65N3O13. The molecule has 6 N–H and O–H groups in total. The van der Waals surface area contributed by atoms with Crippen LogP contribution < -0.4 is 16.0 Å². The molecule has 0 heterocycles. The molecule has 0 aliphatic carbocycles. The Bertz CT molecular complexity index is 968. The van der Waals surface area contributed by atoms with Gasteiger partial charge in [-0.2, -0.15) is 0 Å². The SMILES string of the molecule is O=C(O)CCCCCCCCCCCCCCCCC(=O)NC(CCC(=O)NCCOCCOCCOCCOCCC(=O)NCC(=O)O)C(=O)O. The summed E-state index contributed by atoms with van der Waals surface area (Å²) in [6.45, 7) is 2.22. The number of carbonyl (C=O) groups is 6. The molecule has 16 nitrogen and oxygen atoms in total. The van der Waals surface area contributed by atoms with Gasteiger partial charge in [-0.05, 0) is 19.3 Å². The summed E-state index contributed by atoms with van der Waals surface area (Å²) in [5.41, 5.74) is 0. The summed E-state index contributed by atoms with van der Waals surface area (Å²) in [5, 5.41) is 34.0. The van der Waals surface area contributed by atoms with Crippen LogP contribution in [-0.4, -0.2) is 123 Å². The normalized spacial score (nSPS) is 11.5. The minimum Gasteiger partial charge on any atom is -0.481 e. The molecule has 1 unspecified atom stereocenters. The van der Waals surface area contributed by atoms with Crippen molar-refractivity contribution < 1.29 is 63.0 Å². The smallest absolute Gasteiger partial charge is 0.326 e. The van der Waals surface area contributed by atoms with Crippen molar-refractivity contribution in [3.8, 4) is 0 Å². The number of carboxylic acids is 3. The van der Waals surface area contributed by atoms with Crippen LogP contribution >= 0.6 is 0 Å². The Balaban J connectivity index is 3.60. The number of carbonyl (C=O) groups excluding carboxylic acids is 3. The van der Waals surface area contributed by atoms with Crippen molar-refractivity contribution in [1.82, 2.24) is 16.0 Å². The molecule has 0 bridgehead atoms. The first-order valence-corrected chi connectivity index (χ1v) is 18.9. The van der Waals surface area contributed by atoms with Gasteiger partial charge in [0.25, 0.3) is 0 Å². The van der Waals surface area contributed by atoms with E-state index in [1.807, 2.05) is 0 Å². The third-order valence-electron chi connectivity index (χ3n) is 7.93. The molecule has 16 heteroatoms. The highest BCUT2D eigenvalue weighted by atomic mass is 16.6. The molecule has 52 heavy (non-hydrogen) atoms. The summed E-state index contributed by atoms with van der Waals surface area (Å²) in [4.78, 5) is 68.2. The number of rotatable bonds is 39. The molecule has 0 aromatic carbocycles. The lowest BCUT2D eigenvalue weighted by Crippen LogP contribution is -2.41. The van der Waals surface area contributed by atoms with E-state index in [1.165, 1.54) is 44.9 Å². The largest absolute Gasteiger partial charge is 0.481 e. The Morgan fingerprint density at radius 3 is 1.31 bits per heavy atom. The summed E-state index contributed by atoms with van der Waals surface area (Å²) in [6.07, 6.45) is 15.7. The highest BCUT2D eigenvalue weighted by Crippen LogP contribution is 2.14. The lowest BCUT2D eigenvalue weighted by atomic mass is 10.0. The molecule has 0 spiro atoms. The molecule has 0 aromatic heterocycles. The molecule has 302 valence electrons. The zero-order chi connectivity index (χ0) is 38.5. The predicted molar refractivity (Wildman–Crippen MR) is 192 cm³/mol. The fourth-order valence-electron chi connectivity index (χ4n) is 5.02. The maximum atomic E-state index is 12.3. The fraction of sp³-hybridized carbons (Fsp3) is 0.833. The van der Waals surface area contributed by atoms with Crippen LogP contribution in [0.25, 0.3) is 0 Å². The molecule has 0 radical (unpaired) electrons. The Labute approximate surface area is 308 Å². The van der Waals surface area contributed by atoms with Crippen molar-refractivity contribution in [1.29, 1.82) is 0 Å². The van der Waals surface area contributed by atoms with E-state index in [4.69, 9.17) is 29.2 Å². The van der Waals surface area contributed by atoms with E-state index in [2.05, 4.69) is 16.0 Å². The zero-order valence-corrected chi connectivity index (χ0v) is 31.0. The second kappa shape index (κ2) is 36.0. The zero-order valence-electron chi connectivity index (χ0n) is 31.0. The number of unbranched alkanes of at least 4 members (excludes halogenated alkanes) is 13. The first kappa shape index (κ1) is 48.7. The van der Waals surface area contributed by atoms with Crippen molar-refractivity contribution in [3.05, 3.63) is 0 Å². The quantitative estimate of drug-likeness (QED) is 0.0495. The summed E-state index contributed by atoms with van der Waals surface area (Å²) >= 11 is 0. The maximum absolute atomic E-state index is 12.3. The van der Waals surface area contributed by atoms with Gasteiger partial charge in [-0.15, -0.1) is 0 Å². The van der Waals surface area contributed by atoms with E-state index in [0.29, 0.717) is 46.1 Å². The first-order valence-electron chi connectivity index (χ1n) is 18.9. The van der Waals surface area contributed by atoms with E-state index in [9.17, 15) is 33.9 Å². The molecular weight excluding hydrogens is 682 g/mol. The van der Waals surface area contributed by atoms with Gasteiger partial charge in [0, 0.05) is 32.2 Å². The van der Waals surface area contributed by atoms with Gasteiger partial charge < -0.3 is 50.2 Å². The number of nitrogens with one attached hydrogen (secondary N) is 3. The lowest BCUT2D eigenvalue weighted by Gasteiger charge is -2.14. The van der Waals surface area contributed by atoms with Gasteiger partial charge in [0.2, 0.25) is 17.7 Å².